The van der Waals surface area contributed by atoms with E-state index in [4.69, 9.17) is 0 Å². The van der Waals surface area contributed by atoms with E-state index < -0.39 is 0 Å². The van der Waals surface area contributed by atoms with E-state index in [1.54, 1.807) is 0 Å². The van der Waals surface area contributed by atoms with Crippen molar-refractivity contribution in [2.75, 3.05) is 6.61 Å². The summed E-state index contributed by atoms with van der Waals surface area (Å²) in [4.78, 5) is 0.485. The van der Waals surface area contributed by atoms with Crippen molar-refractivity contribution < 1.29 is 5.11 Å². The molecule has 1 nitrogen and oxygen atoms in total. The van der Waals surface area contributed by atoms with Crippen molar-refractivity contribution in [1.82, 2.24) is 0 Å². The number of hydrogen-bond acceptors (Lipinski definition) is 1. The number of aliphatic hydroxyl groups is 1. The summed E-state index contributed by atoms with van der Waals surface area (Å²) in [6, 6.07) is 10.6. The van der Waals surface area contributed by atoms with E-state index >= 15 is 0 Å². The summed E-state index contributed by atoms with van der Waals surface area (Å²) in [5.74, 6) is 0. The molecule has 1 N–H and O–H groups in total. The van der Waals surface area contributed by atoms with Crippen LogP contribution in [0, 0.1) is 0 Å². The normalized spacial score (nSPS) is 12.3. The van der Waals surface area contributed by atoms with Crippen molar-refractivity contribution in [1.29, 1.82) is 0 Å². The Morgan fingerprint density at radius 3 is 2.50 bits per heavy atom. The molecule has 0 bridgehead atoms. The molecule has 100 valence electrons. The van der Waals surface area contributed by atoms with Crippen molar-refractivity contribution in [3.05, 3.63) is 43.0 Å². The zero-order valence-corrected chi connectivity index (χ0v) is 12.8. The fourth-order valence-corrected chi connectivity index (χ4v) is 4.11. The van der Waals surface area contributed by atoms with Gasteiger partial charge in [-0.15, -0.1) is 0 Å². The molecule has 1 unspecified atom stereocenters. The molecule has 18 heavy (non-hydrogen) atoms. The summed E-state index contributed by atoms with van der Waals surface area (Å²) in [7, 11) is 0. The van der Waals surface area contributed by atoms with Crippen molar-refractivity contribution in [3.63, 3.8) is 0 Å². The van der Waals surface area contributed by atoms with Crippen LogP contribution in [-0.4, -0.2) is 26.7 Å². The Kier molecular flexibility index (Phi) is 8.93. The Morgan fingerprint density at radius 1 is 1.11 bits per heavy atom. The van der Waals surface area contributed by atoms with Crippen molar-refractivity contribution in [3.8, 4) is 0 Å². The molecule has 0 aliphatic heterocycles. The molecule has 0 spiro atoms. The van der Waals surface area contributed by atoms with Gasteiger partial charge in [-0.2, -0.15) is 0 Å². The first-order valence-corrected chi connectivity index (χ1v) is 8.65. The van der Waals surface area contributed by atoms with Crippen LogP contribution in [-0.2, 0) is 0 Å². The molecule has 0 aliphatic rings. The summed E-state index contributed by atoms with van der Waals surface area (Å²) in [6.07, 6.45) is 9.39. The minimum absolute atomic E-state index is 0.335. The molecule has 2 heteroatoms. The van der Waals surface area contributed by atoms with Crippen molar-refractivity contribution >= 4 is 19.4 Å². The van der Waals surface area contributed by atoms with Gasteiger partial charge in [-0.25, -0.2) is 0 Å². The summed E-state index contributed by atoms with van der Waals surface area (Å²) < 4.78 is 1.40. The van der Waals surface area contributed by atoms with Gasteiger partial charge >= 0.3 is 117 Å². The van der Waals surface area contributed by atoms with E-state index in [9.17, 15) is 5.11 Å². The van der Waals surface area contributed by atoms with Crippen LogP contribution in [0.3, 0.4) is 0 Å². The second-order valence-electron chi connectivity index (χ2n) is 4.52. The minimum atomic E-state index is 0.335. The van der Waals surface area contributed by atoms with E-state index in [2.05, 4.69) is 30.8 Å². The van der Waals surface area contributed by atoms with Crippen LogP contribution in [0.15, 0.2) is 43.0 Å². The van der Waals surface area contributed by atoms with Crippen LogP contribution in [0.25, 0.3) is 0 Å². The molecule has 0 saturated carbocycles. The van der Waals surface area contributed by atoms with Gasteiger partial charge in [0.25, 0.3) is 0 Å². The average molecular weight is 311 g/mol. The van der Waals surface area contributed by atoms with Crippen LogP contribution in [0.4, 0.5) is 0 Å². The second kappa shape index (κ2) is 10.4. The third-order valence-corrected chi connectivity index (χ3v) is 5.58. The van der Waals surface area contributed by atoms with Gasteiger partial charge in [0.1, 0.15) is 0 Å². The van der Waals surface area contributed by atoms with E-state index in [0.29, 0.717) is 26.4 Å². The van der Waals surface area contributed by atoms with Crippen LogP contribution >= 0.6 is 0 Å². The fraction of sp³-hybridized carbons (Fsp3) is 0.500. The monoisotopic (exact) mass is 312 g/mol. The van der Waals surface area contributed by atoms with E-state index in [-0.39, 0.29) is 0 Å². The maximum atomic E-state index is 9.43. The number of allylic oxidation sites excluding steroid dienone is 1. The molecule has 0 aliphatic carbocycles. The predicted molar refractivity (Wildman–Crippen MR) is 80.6 cm³/mol. The predicted octanol–water partition coefficient (Wildman–Crippen LogP) is 3.32. The zero-order chi connectivity index (χ0) is 13.1. The first-order chi connectivity index (χ1) is 8.86. The molecule has 0 fully saturated rings. The van der Waals surface area contributed by atoms with Gasteiger partial charge in [-0.3, -0.25) is 0 Å². The summed E-state index contributed by atoms with van der Waals surface area (Å²) >= 11 is 0.414. The molecular weight excluding hydrogens is 287 g/mol. The van der Waals surface area contributed by atoms with E-state index in [0.717, 1.165) is 6.42 Å². The van der Waals surface area contributed by atoms with E-state index in [1.807, 2.05) is 12.1 Å². The molecule has 1 aromatic carbocycles. The quantitative estimate of drug-likeness (QED) is 0.399. The van der Waals surface area contributed by atoms with Gasteiger partial charge in [0.15, 0.2) is 0 Å². The molecular formula is C16H24OSe. The molecule has 0 saturated heterocycles. The zero-order valence-electron chi connectivity index (χ0n) is 11.1. The second-order valence-corrected chi connectivity index (χ2v) is 7.40. The Bertz CT molecular complexity index is 310. The maximum absolute atomic E-state index is 9.43. The number of aliphatic hydroxyl groups excluding tert-OH is 1. The summed E-state index contributed by atoms with van der Waals surface area (Å²) in [6.45, 7) is 4.07. The van der Waals surface area contributed by atoms with Crippen LogP contribution in [0.5, 0.6) is 0 Å². The summed E-state index contributed by atoms with van der Waals surface area (Å²) in [5.41, 5.74) is 0. The van der Waals surface area contributed by atoms with E-state index in [1.165, 1.54) is 36.6 Å². The van der Waals surface area contributed by atoms with Crippen molar-refractivity contribution in [2.45, 2.75) is 43.3 Å². The SMILES string of the molecule is C=CCCCCCCC(CO)[Se]c1ccccc1. The van der Waals surface area contributed by atoms with Gasteiger partial charge in [-0.1, -0.05) is 0 Å². The number of hydrogen-bond donors (Lipinski definition) is 1. The molecule has 0 amide bonds. The van der Waals surface area contributed by atoms with Crippen LogP contribution in [0.2, 0.25) is 4.82 Å². The van der Waals surface area contributed by atoms with Gasteiger partial charge in [0.05, 0.1) is 0 Å². The third-order valence-electron chi connectivity index (χ3n) is 2.93. The number of rotatable bonds is 10. The van der Waals surface area contributed by atoms with Crippen LogP contribution in [0.1, 0.15) is 38.5 Å². The number of unbranched alkanes of at least 4 members (excludes halogenated alkanes) is 4. The first kappa shape index (κ1) is 15.5. The standard InChI is InChI=1S/C16H24OSe/c1-2-3-4-5-6-8-13-16(14-17)18-15-11-9-7-10-12-15/h2,7,9-12,16-17H,1,3-6,8,13-14H2. The molecule has 0 radical (unpaired) electrons. The Morgan fingerprint density at radius 2 is 1.83 bits per heavy atom. The molecule has 1 atom stereocenters. The Balaban J connectivity index is 2.16. The van der Waals surface area contributed by atoms with Crippen molar-refractivity contribution in [2.24, 2.45) is 0 Å². The number of benzene rings is 1. The third kappa shape index (κ3) is 7.00. The molecule has 0 aromatic heterocycles. The van der Waals surface area contributed by atoms with Gasteiger partial charge < -0.3 is 0 Å². The molecule has 1 rings (SSSR count). The van der Waals surface area contributed by atoms with Gasteiger partial charge in [0, 0.05) is 0 Å². The fourth-order valence-electron chi connectivity index (χ4n) is 1.89. The Hall–Kier alpha value is -0.561. The average Bonchev–Trinajstić information content (AvgIpc) is 2.42. The van der Waals surface area contributed by atoms with Gasteiger partial charge in [0.2, 0.25) is 0 Å². The van der Waals surface area contributed by atoms with Gasteiger partial charge in [-0.05, 0) is 0 Å². The molecule has 1 aromatic rings. The topological polar surface area (TPSA) is 20.2 Å². The Labute approximate surface area is 117 Å². The molecule has 0 heterocycles. The summed E-state index contributed by atoms with van der Waals surface area (Å²) in [5, 5.41) is 9.43. The first-order valence-electron chi connectivity index (χ1n) is 6.80. The van der Waals surface area contributed by atoms with Crippen LogP contribution < -0.4 is 4.46 Å².